The van der Waals surface area contributed by atoms with E-state index in [1.165, 1.54) is 0 Å². The lowest BCUT2D eigenvalue weighted by Crippen LogP contribution is -2.38. The highest BCUT2D eigenvalue weighted by atomic mass is 127. The first-order valence-corrected chi connectivity index (χ1v) is 9.32. The van der Waals surface area contributed by atoms with Gasteiger partial charge in [0.1, 0.15) is 6.54 Å². The maximum atomic E-state index is 11.7. The van der Waals surface area contributed by atoms with Crippen LogP contribution in [0.3, 0.4) is 0 Å². The van der Waals surface area contributed by atoms with Gasteiger partial charge in [0, 0.05) is 31.8 Å². The summed E-state index contributed by atoms with van der Waals surface area (Å²) in [5, 5.41) is 13.2. The van der Waals surface area contributed by atoms with Crippen LogP contribution in [0.15, 0.2) is 39.8 Å². The van der Waals surface area contributed by atoms with Crippen molar-refractivity contribution < 1.29 is 9.32 Å². The minimum atomic E-state index is -0.0764. The van der Waals surface area contributed by atoms with Gasteiger partial charge in [-0.3, -0.25) is 4.79 Å². The number of nitrogens with zero attached hydrogens (tertiary/aromatic N) is 2. The van der Waals surface area contributed by atoms with Crippen LogP contribution >= 0.6 is 24.0 Å². The predicted octanol–water partition coefficient (Wildman–Crippen LogP) is 3.07. The van der Waals surface area contributed by atoms with Crippen molar-refractivity contribution in [3.8, 4) is 0 Å². The molecule has 154 valence electrons. The molecule has 0 aliphatic heterocycles. The fourth-order valence-electron chi connectivity index (χ4n) is 2.51. The first-order valence-electron chi connectivity index (χ1n) is 9.32. The Morgan fingerprint density at radius 2 is 2.04 bits per heavy atom. The van der Waals surface area contributed by atoms with Gasteiger partial charge in [0.2, 0.25) is 0 Å². The molecule has 1 aromatic heterocycles. The second-order valence-corrected chi connectivity index (χ2v) is 6.52. The zero-order valence-corrected chi connectivity index (χ0v) is 19.2. The number of hydrogen-bond donors (Lipinski definition) is 3. The van der Waals surface area contributed by atoms with Crippen LogP contribution in [0.2, 0.25) is 0 Å². The summed E-state index contributed by atoms with van der Waals surface area (Å²) in [4.78, 5) is 16.3. The molecule has 28 heavy (non-hydrogen) atoms. The van der Waals surface area contributed by atoms with Crippen LogP contribution in [0.4, 0.5) is 0 Å². The van der Waals surface area contributed by atoms with Crippen molar-refractivity contribution in [2.75, 3.05) is 20.1 Å². The van der Waals surface area contributed by atoms with Crippen LogP contribution in [-0.4, -0.2) is 37.2 Å². The van der Waals surface area contributed by atoms with E-state index < -0.39 is 0 Å². The first kappa shape index (κ1) is 23.9. The number of benzene rings is 1. The highest BCUT2D eigenvalue weighted by Gasteiger charge is 2.08. The molecular weight excluding hydrogens is 469 g/mol. The lowest BCUT2D eigenvalue weighted by atomic mass is 10.1. The predicted molar refractivity (Wildman–Crippen MR) is 122 cm³/mol. The second kappa shape index (κ2) is 12.4. The third-order valence-electron chi connectivity index (χ3n) is 4.03. The van der Waals surface area contributed by atoms with Gasteiger partial charge in [0.05, 0.1) is 5.69 Å². The molecule has 1 heterocycles. The summed E-state index contributed by atoms with van der Waals surface area (Å²) in [5.41, 5.74) is 2.70. The number of carbonyl (C=O) groups is 1. The van der Waals surface area contributed by atoms with Crippen LogP contribution in [0.1, 0.15) is 54.1 Å². The summed E-state index contributed by atoms with van der Waals surface area (Å²) in [6.45, 7) is 8.09. The second-order valence-electron chi connectivity index (χ2n) is 6.52. The van der Waals surface area contributed by atoms with Gasteiger partial charge >= 0.3 is 0 Å². The van der Waals surface area contributed by atoms with E-state index in [9.17, 15) is 4.79 Å². The van der Waals surface area contributed by atoms with Crippen LogP contribution in [0, 0.1) is 0 Å². The minimum Gasteiger partial charge on any atom is -0.359 e. The monoisotopic (exact) mass is 499 g/mol. The van der Waals surface area contributed by atoms with E-state index in [1.807, 2.05) is 37.3 Å². The zero-order valence-electron chi connectivity index (χ0n) is 16.9. The zero-order chi connectivity index (χ0) is 19.6. The van der Waals surface area contributed by atoms with Crippen molar-refractivity contribution >= 4 is 35.8 Å². The van der Waals surface area contributed by atoms with Gasteiger partial charge in [-0.2, -0.15) is 0 Å². The Labute approximate surface area is 183 Å². The molecule has 2 aromatic rings. The summed E-state index contributed by atoms with van der Waals surface area (Å²) in [5.74, 6) is 1.73. The normalized spacial score (nSPS) is 11.1. The van der Waals surface area contributed by atoms with E-state index in [-0.39, 0.29) is 29.9 Å². The molecule has 2 rings (SSSR count). The quantitative estimate of drug-likeness (QED) is 0.295. The number of aromatic nitrogens is 1. The van der Waals surface area contributed by atoms with Crippen molar-refractivity contribution in [1.82, 2.24) is 21.1 Å². The number of guanidine groups is 1. The van der Waals surface area contributed by atoms with E-state index in [4.69, 9.17) is 4.52 Å². The van der Waals surface area contributed by atoms with Gasteiger partial charge in [0.15, 0.2) is 11.7 Å². The number of amides is 1. The fraction of sp³-hybridized carbons (Fsp3) is 0.450. The van der Waals surface area contributed by atoms with E-state index in [1.54, 1.807) is 7.05 Å². The maximum absolute atomic E-state index is 11.7. The van der Waals surface area contributed by atoms with Crippen molar-refractivity contribution in [2.24, 2.45) is 4.99 Å². The van der Waals surface area contributed by atoms with Gasteiger partial charge in [-0.25, -0.2) is 4.99 Å². The molecule has 7 nitrogen and oxygen atoms in total. The molecule has 0 radical (unpaired) electrons. The molecule has 0 bridgehead atoms. The van der Waals surface area contributed by atoms with E-state index >= 15 is 0 Å². The van der Waals surface area contributed by atoms with Crippen LogP contribution in [-0.2, 0) is 13.0 Å². The molecule has 3 N–H and O–H groups in total. The number of rotatable bonds is 8. The van der Waals surface area contributed by atoms with Crippen molar-refractivity contribution in [3.63, 3.8) is 0 Å². The molecule has 8 heteroatoms. The number of nitrogens with one attached hydrogen (secondary N) is 3. The number of halogens is 1. The van der Waals surface area contributed by atoms with Crippen molar-refractivity contribution in [3.05, 3.63) is 52.9 Å². The van der Waals surface area contributed by atoms with Crippen LogP contribution < -0.4 is 16.0 Å². The third kappa shape index (κ3) is 7.49. The molecule has 0 spiro atoms. The molecule has 0 unspecified atom stereocenters. The standard InChI is InChI=1S/C20H29N5O2.HI/c1-5-22-20(24-13-17-12-18(14(2)3)25-27-17)23-10-9-15-7-6-8-16(11-15)19(26)21-4;/h6-8,11-12,14H,5,9-10,13H2,1-4H3,(H,21,26)(H2,22,23,24);1H. The summed E-state index contributed by atoms with van der Waals surface area (Å²) in [7, 11) is 1.63. The lowest BCUT2D eigenvalue weighted by molar-refractivity contribution is 0.0963. The SMILES string of the molecule is CCNC(=NCc1cc(C(C)C)no1)NCCc1cccc(C(=O)NC)c1.I. The maximum Gasteiger partial charge on any atom is 0.251 e. The average Bonchev–Trinajstić information content (AvgIpc) is 3.15. The number of aliphatic imine (C=N–C) groups is 1. The minimum absolute atomic E-state index is 0. The molecule has 0 saturated carbocycles. The molecule has 0 saturated heterocycles. The molecule has 1 aromatic carbocycles. The molecule has 0 aliphatic carbocycles. The molecular formula is C20H30IN5O2. The van der Waals surface area contributed by atoms with E-state index in [0.717, 1.165) is 35.9 Å². The highest BCUT2D eigenvalue weighted by molar-refractivity contribution is 14.0. The number of hydrogen-bond acceptors (Lipinski definition) is 4. The van der Waals surface area contributed by atoms with Gasteiger partial charge in [-0.1, -0.05) is 31.1 Å². The summed E-state index contributed by atoms with van der Waals surface area (Å²) < 4.78 is 5.32. The fourth-order valence-corrected chi connectivity index (χ4v) is 2.51. The molecule has 0 atom stereocenters. The topological polar surface area (TPSA) is 91.6 Å². The Kier molecular flexibility index (Phi) is 10.6. The molecule has 0 aliphatic rings. The van der Waals surface area contributed by atoms with E-state index in [2.05, 4.69) is 39.9 Å². The largest absolute Gasteiger partial charge is 0.359 e. The van der Waals surface area contributed by atoms with Gasteiger partial charge in [0.25, 0.3) is 5.91 Å². The first-order chi connectivity index (χ1) is 13.0. The van der Waals surface area contributed by atoms with Crippen LogP contribution in [0.5, 0.6) is 0 Å². The average molecular weight is 499 g/mol. The Hall–Kier alpha value is -2.10. The van der Waals surface area contributed by atoms with Crippen molar-refractivity contribution in [1.29, 1.82) is 0 Å². The highest BCUT2D eigenvalue weighted by Crippen LogP contribution is 2.14. The summed E-state index contributed by atoms with van der Waals surface area (Å²) in [6, 6.07) is 9.58. The third-order valence-corrected chi connectivity index (χ3v) is 4.03. The van der Waals surface area contributed by atoms with E-state index in [0.29, 0.717) is 24.6 Å². The Bertz CT molecular complexity index is 773. The smallest absolute Gasteiger partial charge is 0.251 e. The van der Waals surface area contributed by atoms with Gasteiger partial charge < -0.3 is 20.5 Å². The lowest BCUT2D eigenvalue weighted by Gasteiger charge is -2.11. The Morgan fingerprint density at radius 1 is 1.25 bits per heavy atom. The number of carbonyl (C=O) groups excluding carboxylic acids is 1. The molecule has 1 amide bonds. The van der Waals surface area contributed by atoms with Gasteiger partial charge in [-0.05, 0) is 37.0 Å². The summed E-state index contributed by atoms with van der Waals surface area (Å²) in [6.07, 6.45) is 0.787. The Balaban J connectivity index is 0.00000392. The molecule has 0 fully saturated rings. The summed E-state index contributed by atoms with van der Waals surface area (Å²) >= 11 is 0. The van der Waals surface area contributed by atoms with Crippen LogP contribution in [0.25, 0.3) is 0 Å². The van der Waals surface area contributed by atoms with Gasteiger partial charge in [-0.15, -0.1) is 24.0 Å². The van der Waals surface area contributed by atoms with Crippen molar-refractivity contribution in [2.45, 2.75) is 39.7 Å². The Morgan fingerprint density at radius 3 is 2.68 bits per heavy atom.